The molecule has 3 saturated carbocycles. The van der Waals surface area contributed by atoms with Crippen LogP contribution in [0.1, 0.15) is 65.2 Å². The van der Waals surface area contributed by atoms with E-state index in [1.807, 2.05) is 6.08 Å². The van der Waals surface area contributed by atoms with Gasteiger partial charge in [-0.05, 0) is 79.6 Å². The molecule has 0 aromatic heterocycles. The van der Waals surface area contributed by atoms with Gasteiger partial charge >= 0.3 is 29.6 Å². The second kappa shape index (κ2) is 6.96. The molecule has 0 spiro atoms. The molecule has 4 rings (SSSR count). The molecule has 0 heterocycles. The van der Waals surface area contributed by atoms with Gasteiger partial charge in [-0.3, -0.25) is 8.98 Å². The van der Waals surface area contributed by atoms with E-state index in [-0.39, 0.29) is 46.2 Å². The molecule has 0 aromatic carbocycles. The second-order valence-electron chi connectivity index (χ2n) is 9.08. The number of ketones is 1. The molecular formula is C19H27NaO5S. The van der Waals surface area contributed by atoms with Crippen molar-refractivity contribution in [2.24, 2.45) is 28.6 Å². The molecular weight excluding hydrogens is 363 g/mol. The maximum atomic E-state index is 11.9. The van der Waals surface area contributed by atoms with Crippen molar-refractivity contribution in [3.8, 4) is 0 Å². The van der Waals surface area contributed by atoms with E-state index >= 15 is 0 Å². The Balaban J connectivity index is 0.00000196. The molecule has 7 heteroatoms. The SMILES string of the molecule is C[C@]12CC[C@H]3[C@@H](CCC4=CC(=O)CC[C@@]43C)[C@@H]1CC[C@@H]2OS(=O)(=O)[O-].[Na+]. The molecule has 0 unspecified atom stereocenters. The summed E-state index contributed by atoms with van der Waals surface area (Å²) in [6.45, 7) is 4.45. The number of rotatable bonds is 2. The van der Waals surface area contributed by atoms with Gasteiger partial charge in [0.05, 0.1) is 6.10 Å². The first-order chi connectivity index (χ1) is 11.6. The van der Waals surface area contributed by atoms with Crippen molar-refractivity contribution in [3.05, 3.63) is 11.6 Å². The van der Waals surface area contributed by atoms with Crippen LogP contribution >= 0.6 is 0 Å². The van der Waals surface area contributed by atoms with Crippen molar-refractivity contribution >= 4 is 16.2 Å². The van der Waals surface area contributed by atoms with Gasteiger partial charge in [0.25, 0.3) is 0 Å². The van der Waals surface area contributed by atoms with Crippen molar-refractivity contribution in [1.82, 2.24) is 0 Å². The fourth-order valence-corrected chi connectivity index (χ4v) is 7.41. The molecule has 0 aromatic rings. The Morgan fingerprint density at radius 1 is 1.08 bits per heavy atom. The standard InChI is InChI=1S/C19H28O5S.Na/c1-18-9-7-13(20)11-12(18)3-4-14-15-5-6-17(24-25(21,22)23)19(15,2)10-8-16(14)18;/h11,14-17H,3-10H2,1-2H3,(H,21,22,23);/q;+1/p-1/t14-,15-,16-,17-,18-,19-;/m0./s1. The summed E-state index contributed by atoms with van der Waals surface area (Å²) in [4.78, 5) is 11.9. The largest absolute Gasteiger partial charge is 1.00 e. The Morgan fingerprint density at radius 2 is 1.81 bits per heavy atom. The zero-order valence-corrected chi connectivity index (χ0v) is 18.8. The van der Waals surface area contributed by atoms with Crippen LogP contribution in [-0.4, -0.2) is 24.9 Å². The molecule has 26 heavy (non-hydrogen) atoms. The Hall–Kier alpha value is 0.280. The molecule has 0 radical (unpaired) electrons. The van der Waals surface area contributed by atoms with E-state index in [0.29, 0.717) is 30.6 Å². The van der Waals surface area contributed by atoms with Gasteiger partial charge in [0.1, 0.15) is 0 Å². The summed E-state index contributed by atoms with van der Waals surface area (Å²) in [7, 11) is -4.66. The summed E-state index contributed by atoms with van der Waals surface area (Å²) in [6, 6.07) is 0. The van der Waals surface area contributed by atoms with E-state index < -0.39 is 16.5 Å². The summed E-state index contributed by atoms with van der Waals surface area (Å²) in [5.41, 5.74) is 1.23. The third-order valence-corrected chi connectivity index (χ3v) is 8.58. The van der Waals surface area contributed by atoms with Crippen LogP contribution in [0.25, 0.3) is 0 Å². The van der Waals surface area contributed by atoms with Crippen LogP contribution in [0.15, 0.2) is 11.6 Å². The maximum absolute atomic E-state index is 11.9. The summed E-state index contributed by atoms with van der Waals surface area (Å²) in [5.74, 6) is 1.77. The van der Waals surface area contributed by atoms with Crippen LogP contribution in [0.5, 0.6) is 0 Å². The number of carbonyl (C=O) groups is 1. The third kappa shape index (κ3) is 3.29. The van der Waals surface area contributed by atoms with Gasteiger partial charge in [0, 0.05) is 6.42 Å². The Bertz CT molecular complexity index is 732. The van der Waals surface area contributed by atoms with Gasteiger partial charge < -0.3 is 4.55 Å². The Labute approximate surface area is 178 Å². The van der Waals surface area contributed by atoms with E-state index in [1.165, 1.54) is 5.57 Å². The van der Waals surface area contributed by atoms with Crippen LogP contribution in [0, 0.1) is 28.6 Å². The van der Waals surface area contributed by atoms with E-state index in [9.17, 15) is 17.8 Å². The van der Waals surface area contributed by atoms with Crippen molar-refractivity contribution in [2.75, 3.05) is 0 Å². The van der Waals surface area contributed by atoms with Crippen LogP contribution < -0.4 is 29.6 Å². The summed E-state index contributed by atoms with van der Waals surface area (Å²) in [6.07, 6.45) is 8.57. The van der Waals surface area contributed by atoms with Crippen molar-refractivity contribution in [2.45, 2.75) is 71.3 Å². The molecule has 4 aliphatic rings. The molecule has 140 valence electrons. The number of hydrogen-bond acceptors (Lipinski definition) is 5. The Kier molecular flexibility index (Phi) is 5.62. The first-order valence-electron chi connectivity index (χ1n) is 9.51. The first kappa shape index (κ1) is 21.0. The monoisotopic (exact) mass is 390 g/mol. The summed E-state index contributed by atoms with van der Waals surface area (Å²) >= 11 is 0. The maximum Gasteiger partial charge on any atom is 1.00 e. The van der Waals surface area contributed by atoms with Crippen molar-refractivity contribution in [3.63, 3.8) is 0 Å². The number of hydrogen-bond donors (Lipinski definition) is 0. The van der Waals surface area contributed by atoms with Gasteiger partial charge in [-0.15, -0.1) is 0 Å². The third-order valence-electron chi connectivity index (χ3n) is 8.11. The smallest absolute Gasteiger partial charge is 0.726 e. The van der Waals surface area contributed by atoms with Crippen LogP contribution in [-0.2, 0) is 19.4 Å². The topological polar surface area (TPSA) is 83.5 Å². The average molecular weight is 390 g/mol. The van der Waals surface area contributed by atoms with Gasteiger partial charge in [-0.25, -0.2) is 8.42 Å². The molecule has 0 bridgehead atoms. The number of allylic oxidation sites excluding steroid dienone is 1. The molecule has 3 fully saturated rings. The predicted molar refractivity (Wildman–Crippen MR) is 91.3 cm³/mol. The van der Waals surface area contributed by atoms with E-state index in [1.54, 1.807) is 0 Å². The van der Waals surface area contributed by atoms with Crippen LogP contribution in [0.2, 0.25) is 0 Å². The van der Waals surface area contributed by atoms with Gasteiger partial charge in [0.2, 0.25) is 10.4 Å². The normalized spacial score (nSPS) is 45.0. The first-order valence-corrected chi connectivity index (χ1v) is 10.8. The van der Waals surface area contributed by atoms with E-state index in [2.05, 4.69) is 13.8 Å². The molecule has 0 N–H and O–H groups in total. The molecule has 6 atom stereocenters. The zero-order valence-electron chi connectivity index (χ0n) is 16.0. The van der Waals surface area contributed by atoms with Gasteiger partial charge in [0.15, 0.2) is 5.78 Å². The van der Waals surface area contributed by atoms with E-state index in [0.717, 1.165) is 38.5 Å². The number of carbonyl (C=O) groups excluding carboxylic acids is 1. The average Bonchev–Trinajstić information content (AvgIpc) is 2.83. The van der Waals surface area contributed by atoms with Gasteiger partial charge in [-0.2, -0.15) is 0 Å². The minimum absolute atomic E-state index is 0. The van der Waals surface area contributed by atoms with Crippen molar-refractivity contribution < 1.29 is 51.5 Å². The fraction of sp³-hybridized carbons (Fsp3) is 0.842. The molecule has 4 aliphatic carbocycles. The van der Waals surface area contributed by atoms with Crippen molar-refractivity contribution in [1.29, 1.82) is 0 Å². The van der Waals surface area contributed by atoms with E-state index in [4.69, 9.17) is 4.18 Å². The summed E-state index contributed by atoms with van der Waals surface area (Å²) < 4.78 is 38.4. The molecule has 0 amide bonds. The number of fused-ring (bicyclic) bond motifs is 5. The van der Waals surface area contributed by atoms with Crippen LogP contribution in [0.3, 0.4) is 0 Å². The molecule has 5 nitrogen and oxygen atoms in total. The quantitative estimate of drug-likeness (QED) is 0.386. The molecule has 0 saturated heterocycles. The summed E-state index contributed by atoms with van der Waals surface area (Å²) in [5, 5.41) is 0. The Morgan fingerprint density at radius 3 is 2.50 bits per heavy atom. The van der Waals surface area contributed by atoms with Gasteiger partial charge in [-0.1, -0.05) is 19.4 Å². The fourth-order valence-electron chi connectivity index (χ4n) is 6.81. The zero-order chi connectivity index (χ0) is 18.0. The van der Waals surface area contributed by atoms with Crippen LogP contribution in [0.4, 0.5) is 0 Å². The molecule has 0 aliphatic heterocycles. The minimum Gasteiger partial charge on any atom is -0.726 e. The second-order valence-corrected chi connectivity index (χ2v) is 10.1. The minimum atomic E-state index is -4.66. The predicted octanol–water partition coefficient (Wildman–Crippen LogP) is 0.368.